The van der Waals surface area contributed by atoms with Gasteiger partial charge in [-0.2, -0.15) is 13.2 Å². The molecule has 1 heterocycles. The Kier molecular flexibility index (Phi) is 7.42. The van der Waals surface area contributed by atoms with Gasteiger partial charge >= 0.3 is 6.18 Å². The second kappa shape index (κ2) is 9.88. The van der Waals surface area contributed by atoms with Gasteiger partial charge in [-0.05, 0) is 55.4 Å². The van der Waals surface area contributed by atoms with Crippen molar-refractivity contribution in [2.75, 3.05) is 25.0 Å². The molecule has 1 amide bonds. The Balaban J connectivity index is 1.72. The summed E-state index contributed by atoms with van der Waals surface area (Å²) >= 11 is 0. The number of benzene rings is 2. The summed E-state index contributed by atoms with van der Waals surface area (Å²) in [6.07, 6.45) is -4.30. The van der Waals surface area contributed by atoms with E-state index in [9.17, 15) is 26.4 Å². The summed E-state index contributed by atoms with van der Waals surface area (Å²) in [5.41, 5.74) is -0.443. The molecular weight excluding hydrogens is 447 g/mol. The molecule has 0 bridgehead atoms. The van der Waals surface area contributed by atoms with Crippen LogP contribution in [0.1, 0.15) is 18.9 Å². The van der Waals surface area contributed by atoms with E-state index in [0.717, 1.165) is 25.1 Å². The Bertz CT molecular complexity index is 1040. The number of rotatable bonds is 8. The lowest BCUT2D eigenvalue weighted by Gasteiger charge is -2.25. The molecule has 0 aromatic heterocycles. The van der Waals surface area contributed by atoms with Crippen LogP contribution < -0.4 is 20.1 Å². The van der Waals surface area contributed by atoms with Gasteiger partial charge in [0.2, 0.25) is 15.9 Å². The monoisotopic (exact) mass is 471 g/mol. The Labute approximate surface area is 184 Å². The number of carbonyl (C=O) groups is 1. The molecule has 7 nitrogen and oxygen atoms in total. The molecule has 1 aliphatic rings. The largest absolute Gasteiger partial charge is 0.489 e. The van der Waals surface area contributed by atoms with Gasteiger partial charge in [-0.15, -0.1) is 0 Å². The molecule has 174 valence electrons. The van der Waals surface area contributed by atoms with E-state index in [1.54, 1.807) is 6.07 Å². The molecule has 1 saturated heterocycles. The highest BCUT2D eigenvalue weighted by Gasteiger charge is 2.31. The summed E-state index contributed by atoms with van der Waals surface area (Å²) in [6.45, 7) is 2.59. The number of anilines is 1. The quantitative estimate of drug-likeness (QED) is 0.550. The van der Waals surface area contributed by atoms with Crippen molar-refractivity contribution in [2.45, 2.75) is 30.5 Å². The maximum absolute atomic E-state index is 12.8. The van der Waals surface area contributed by atoms with Crippen LogP contribution in [0.25, 0.3) is 0 Å². The minimum Gasteiger partial charge on any atom is -0.489 e. The van der Waals surface area contributed by atoms with Gasteiger partial charge in [0.05, 0.1) is 10.5 Å². The highest BCUT2D eigenvalue weighted by molar-refractivity contribution is 7.89. The molecule has 11 heteroatoms. The first-order chi connectivity index (χ1) is 15.0. The van der Waals surface area contributed by atoms with E-state index in [-0.39, 0.29) is 29.0 Å². The SMILES string of the molecule is CC(=O)Nc1cccc(S(=O)(=O)NC[C@@H](Oc2ccc(C(F)(F)F)cc2)[C@H]2CCNC2)c1. The molecule has 0 unspecified atom stereocenters. The third-order valence-corrected chi connectivity index (χ3v) is 6.45. The van der Waals surface area contributed by atoms with E-state index in [1.807, 2.05) is 0 Å². The van der Waals surface area contributed by atoms with Gasteiger partial charge < -0.3 is 15.4 Å². The van der Waals surface area contributed by atoms with Crippen molar-refractivity contribution < 1.29 is 31.1 Å². The molecule has 0 aliphatic carbocycles. The number of nitrogens with one attached hydrogen (secondary N) is 3. The third-order valence-electron chi connectivity index (χ3n) is 5.03. The van der Waals surface area contributed by atoms with Crippen LogP contribution in [-0.4, -0.2) is 40.1 Å². The minimum atomic E-state index is -4.45. The van der Waals surface area contributed by atoms with Gasteiger partial charge in [-0.1, -0.05) is 6.07 Å². The maximum atomic E-state index is 12.8. The van der Waals surface area contributed by atoms with Crippen LogP contribution in [0.3, 0.4) is 0 Å². The summed E-state index contributed by atoms with van der Waals surface area (Å²) in [5.74, 6) is -0.126. The van der Waals surface area contributed by atoms with Gasteiger partial charge in [0, 0.05) is 31.6 Å². The van der Waals surface area contributed by atoms with E-state index in [1.165, 1.54) is 37.3 Å². The van der Waals surface area contributed by atoms with E-state index in [4.69, 9.17) is 4.74 Å². The zero-order valence-corrected chi connectivity index (χ0v) is 18.1. The van der Waals surface area contributed by atoms with E-state index in [2.05, 4.69) is 15.4 Å². The van der Waals surface area contributed by atoms with E-state index >= 15 is 0 Å². The molecule has 0 spiro atoms. The van der Waals surface area contributed by atoms with Crippen LogP contribution >= 0.6 is 0 Å². The molecular formula is C21H24F3N3O4S. The number of alkyl halides is 3. The number of halogens is 3. The molecule has 0 saturated carbocycles. The number of hydrogen-bond acceptors (Lipinski definition) is 5. The van der Waals surface area contributed by atoms with Crippen LogP contribution in [0.2, 0.25) is 0 Å². The van der Waals surface area contributed by atoms with Crippen LogP contribution in [0.15, 0.2) is 53.4 Å². The van der Waals surface area contributed by atoms with Crippen molar-refractivity contribution in [3.63, 3.8) is 0 Å². The number of sulfonamides is 1. The van der Waals surface area contributed by atoms with Crippen LogP contribution in [-0.2, 0) is 21.0 Å². The molecule has 0 radical (unpaired) electrons. The smallest absolute Gasteiger partial charge is 0.416 e. The van der Waals surface area contributed by atoms with Crippen LogP contribution in [0.4, 0.5) is 18.9 Å². The number of carbonyl (C=O) groups excluding carboxylic acids is 1. The molecule has 2 atom stereocenters. The zero-order valence-electron chi connectivity index (χ0n) is 17.3. The summed E-state index contributed by atoms with van der Waals surface area (Å²) in [7, 11) is -3.91. The lowest BCUT2D eigenvalue weighted by molar-refractivity contribution is -0.137. The summed E-state index contributed by atoms with van der Waals surface area (Å²) < 4.78 is 72.3. The first kappa shape index (κ1) is 24.0. The summed E-state index contributed by atoms with van der Waals surface area (Å²) in [4.78, 5) is 11.2. The van der Waals surface area contributed by atoms with Gasteiger partial charge in [-0.3, -0.25) is 4.79 Å². The second-order valence-electron chi connectivity index (χ2n) is 7.49. The molecule has 3 rings (SSSR count). The predicted octanol–water partition coefficient (Wildman–Crippen LogP) is 3.00. The minimum absolute atomic E-state index is 0.0225. The zero-order chi connectivity index (χ0) is 23.4. The molecule has 1 aliphatic heterocycles. The van der Waals surface area contributed by atoms with Gasteiger partial charge in [0.15, 0.2) is 0 Å². The number of ether oxygens (including phenoxy) is 1. The predicted molar refractivity (Wildman–Crippen MR) is 113 cm³/mol. The highest BCUT2D eigenvalue weighted by Crippen LogP contribution is 2.31. The summed E-state index contributed by atoms with van der Waals surface area (Å²) in [6, 6.07) is 10.1. The first-order valence-corrected chi connectivity index (χ1v) is 11.4. The van der Waals surface area contributed by atoms with Gasteiger partial charge in [0.25, 0.3) is 0 Å². The molecule has 2 aromatic rings. The highest BCUT2D eigenvalue weighted by atomic mass is 32.2. The standard InChI is InChI=1S/C21H24F3N3O4S/c1-14(28)27-17-3-2-4-19(11-17)32(29,30)26-13-20(15-9-10-25-12-15)31-18-7-5-16(6-8-18)21(22,23)24/h2-8,11,15,20,25-26H,9-10,12-13H2,1H3,(H,27,28)/t15-,20+/m0/s1. The Morgan fingerprint density at radius 2 is 1.94 bits per heavy atom. The van der Waals surface area contributed by atoms with Crippen LogP contribution in [0.5, 0.6) is 5.75 Å². The normalized spacial score (nSPS) is 17.7. The lowest BCUT2D eigenvalue weighted by Crippen LogP contribution is -2.40. The lowest BCUT2D eigenvalue weighted by atomic mass is 10.0. The fourth-order valence-electron chi connectivity index (χ4n) is 3.42. The molecule has 2 aromatic carbocycles. The van der Waals surface area contributed by atoms with Crippen LogP contribution in [0, 0.1) is 5.92 Å². The number of hydrogen-bond donors (Lipinski definition) is 3. The van der Waals surface area contributed by atoms with Crippen molar-refractivity contribution in [1.82, 2.24) is 10.0 Å². The third kappa shape index (κ3) is 6.44. The molecule has 3 N–H and O–H groups in total. The Hall–Kier alpha value is -2.63. The second-order valence-corrected chi connectivity index (χ2v) is 9.26. The molecule has 1 fully saturated rings. The van der Waals surface area contributed by atoms with Crippen molar-refractivity contribution in [2.24, 2.45) is 5.92 Å². The van der Waals surface area contributed by atoms with Crippen molar-refractivity contribution >= 4 is 21.6 Å². The summed E-state index contributed by atoms with van der Waals surface area (Å²) in [5, 5.41) is 5.71. The average Bonchev–Trinajstić information content (AvgIpc) is 3.25. The fraction of sp³-hybridized carbons (Fsp3) is 0.381. The fourth-order valence-corrected chi connectivity index (χ4v) is 4.51. The Morgan fingerprint density at radius 1 is 1.22 bits per heavy atom. The average molecular weight is 472 g/mol. The van der Waals surface area contributed by atoms with Gasteiger partial charge in [-0.25, -0.2) is 13.1 Å². The van der Waals surface area contributed by atoms with Gasteiger partial charge in [0.1, 0.15) is 11.9 Å². The number of amides is 1. The Morgan fingerprint density at radius 3 is 2.53 bits per heavy atom. The molecule has 32 heavy (non-hydrogen) atoms. The van der Waals surface area contributed by atoms with Crippen molar-refractivity contribution in [3.8, 4) is 5.75 Å². The van der Waals surface area contributed by atoms with Crippen molar-refractivity contribution in [3.05, 3.63) is 54.1 Å². The maximum Gasteiger partial charge on any atom is 0.416 e. The van der Waals surface area contributed by atoms with E-state index in [0.29, 0.717) is 12.2 Å². The first-order valence-electron chi connectivity index (χ1n) is 9.96. The van der Waals surface area contributed by atoms with Crippen molar-refractivity contribution in [1.29, 1.82) is 0 Å². The topological polar surface area (TPSA) is 96.5 Å². The van der Waals surface area contributed by atoms with E-state index < -0.39 is 27.9 Å².